The summed E-state index contributed by atoms with van der Waals surface area (Å²) in [5.74, 6) is 1.32. The first-order valence-electron chi connectivity index (χ1n) is 12.2. The molecular formula is C27H30F3N5O2S. The molecule has 4 rings (SSSR count). The van der Waals surface area contributed by atoms with Crippen molar-refractivity contribution in [2.75, 3.05) is 56.2 Å². The van der Waals surface area contributed by atoms with E-state index < -0.39 is 11.7 Å². The molecule has 0 saturated carbocycles. The van der Waals surface area contributed by atoms with Crippen molar-refractivity contribution in [2.24, 2.45) is 0 Å². The van der Waals surface area contributed by atoms with Gasteiger partial charge < -0.3 is 19.9 Å². The SMILES string of the molecule is COCCNC(=O)c1ccc(CSc2nc(C)cc(N3CCN(c4cccc(C(F)(F)F)c4)CC3)n2)cc1. The van der Waals surface area contributed by atoms with Crippen LogP contribution in [0.4, 0.5) is 24.7 Å². The van der Waals surface area contributed by atoms with E-state index in [0.29, 0.717) is 61.5 Å². The molecule has 1 aliphatic rings. The van der Waals surface area contributed by atoms with Crippen molar-refractivity contribution >= 4 is 29.2 Å². The van der Waals surface area contributed by atoms with Crippen LogP contribution in [0.15, 0.2) is 59.8 Å². The average Bonchev–Trinajstić information content (AvgIpc) is 2.92. The molecule has 1 aromatic heterocycles. The Labute approximate surface area is 224 Å². The van der Waals surface area contributed by atoms with Crippen LogP contribution < -0.4 is 15.1 Å². The van der Waals surface area contributed by atoms with Gasteiger partial charge in [-0.15, -0.1) is 0 Å². The molecule has 0 atom stereocenters. The molecule has 0 spiro atoms. The lowest BCUT2D eigenvalue weighted by Crippen LogP contribution is -2.47. The van der Waals surface area contributed by atoms with Crippen LogP contribution in [0.3, 0.4) is 0 Å². The molecular weight excluding hydrogens is 515 g/mol. The lowest BCUT2D eigenvalue weighted by atomic mass is 10.1. The van der Waals surface area contributed by atoms with Gasteiger partial charge in [0.25, 0.3) is 5.91 Å². The number of benzene rings is 2. The fraction of sp³-hybridized carbons (Fsp3) is 0.370. The molecule has 3 aromatic rings. The molecule has 1 saturated heterocycles. The highest BCUT2D eigenvalue weighted by Gasteiger charge is 2.31. The Morgan fingerprint density at radius 3 is 2.42 bits per heavy atom. The summed E-state index contributed by atoms with van der Waals surface area (Å²) in [5.41, 5.74) is 2.43. The van der Waals surface area contributed by atoms with Gasteiger partial charge in [-0.1, -0.05) is 30.0 Å². The molecule has 38 heavy (non-hydrogen) atoms. The Kier molecular flexibility index (Phi) is 9.11. The van der Waals surface area contributed by atoms with Gasteiger partial charge >= 0.3 is 6.18 Å². The van der Waals surface area contributed by atoms with Crippen molar-refractivity contribution in [1.29, 1.82) is 0 Å². The molecule has 1 amide bonds. The van der Waals surface area contributed by atoms with Crippen molar-refractivity contribution in [3.63, 3.8) is 0 Å². The number of rotatable bonds is 9. The molecule has 0 aliphatic carbocycles. The summed E-state index contributed by atoms with van der Waals surface area (Å²) in [6, 6.07) is 14.8. The number of aromatic nitrogens is 2. The van der Waals surface area contributed by atoms with Crippen LogP contribution >= 0.6 is 11.8 Å². The average molecular weight is 546 g/mol. The number of hydrogen-bond acceptors (Lipinski definition) is 7. The third-order valence-electron chi connectivity index (χ3n) is 6.14. The van der Waals surface area contributed by atoms with Crippen LogP contribution in [0.5, 0.6) is 0 Å². The summed E-state index contributed by atoms with van der Waals surface area (Å²) in [5, 5.41) is 3.45. The third-order valence-corrected chi connectivity index (χ3v) is 7.06. The molecule has 0 bridgehead atoms. The van der Waals surface area contributed by atoms with Crippen molar-refractivity contribution in [3.05, 3.63) is 77.0 Å². The van der Waals surface area contributed by atoms with Gasteiger partial charge in [-0.25, -0.2) is 9.97 Å². The Morgan fingerprint density at radius 2 is 1.74 bits per heavy atom. The summed E-state index contributed by atoms with van der Waals surface area (Å²) in [4.78, 5) is 25.6. The number of hydrogen-bond donors (Lipinski definition) is 1. The zero-order valence-electron chi connectivity index (χ0n) is 21.3. The number of nitrogens with one attached hydrogen (secondary N) is 1. The van der Waals surface area contributed by atoms with Gasteiger partial charge in [0.05, 0.1) is 12.2 Å². The molecule has 7 nitrogen and oxygen atoms in total. The number of alkyl halides is 3. The molecule has 1 aliphatic heterocycles. The molecule has 0 radical (unpaired) electrons. The van der Waals surface area contributed by atoms with E-state index in [-0.39, 0.29) is 5.91 Å². The van der Waals surface area contributed by atoms with Crippen LogP contribution in [-0.2, 0) is 16.7 Å². The predicted molar refractivity (Wildman–Crippen MR) is 143 cm³/mol. The highest BCUT2D eigenvalue weighted by atomic mass is 32.2. The van der Waals surface area contributed by atoms with Crippen LogP contribution in [0.1, 0.15) is 27.2 Å². The van der Waals surface area contributed by atoms with Gasteiger partial charge in [0.15, 0.2) is 5.16 Å². The summed E-state index contributed by atoms with van der Waals surface area (Å²) in [6.07, 6.45) is -4.36. The Bertz CT molecular complexity index is 1230. The smallest absolute Gasteiger partial charge is 0.383 e. The van der Waals surface area contributed by atoms with E-state index in [9.17, 15) is 18.0 Å². The van der Waals surface area contributed by atoms with Crippen LogP contribution in [0.25, 0.3) is 0 Å². The number of thioether (sulfide) groups is 1. The largest absolute Gasteiger partial charge is 0.416 e. The first-order chi connectivity index (χ1) is 18.2. The minimum Gasteiger partial charge on any atom is -0.383 e. The molecule has 11 heteroatoms. The lowest BCUT2D eigenvalue weighted by molar-refractivity contribution is -0.137. The van der Waals surface area contributed by atoms with E-state index in [4.69, 9.17) is 9.72 Å². The van der Waals surface area contributed by atoms with Gasteiger partial charge in [-0.05, 0) is 42.8 Å². The van der Waals surface area contributed by atoms with Crippen molar-refractivity contribution in [3.8, 4) is 0 Å². The first-order valence-corrected chi connectivity index (χ1v) is 13.2. The number of carbonyl (C=O) groups is 1. The van der Waals surface area contributed by atoms with Crippen molar-refractivity contribution < 1.29 is 22.7 Å². The van der Waals surface area contributed by atoms with Crippen LogP contribution in [0, 0.1) is 6.92 Å². The van der Waals surface area contributed by atoms with Gasteiger partial charge in [0, 0.05) is 68.6 Å². The standard InChI is InChI=1S/C27H30F3N5O2S/c1-19-16-24(35-13-11-34(12-14-35)23-5-3-4-22(17-23)27(28,29)30)33-26(32-19)38-18-20-6-8-21(9-7-20)25(36)31-10-15-37-2/h3-9,16-17H,10-15,18H2,1-2H3,(H,31,36). The minimum absolute atomic E-state index is 0.138. The first kappa shape index (κ1) is 27.7. The number of methoxy groups -OCH3 is 1. The molecule has 2 heterocycles. The second-order valence-corrected chi connectivity index (χ2v) is 9.85. The number of amides is 1. The maximum absolute atomic E-state index is 13.1. The van der Waals surface area contributed by atoms with Crippen LogP contribution in [0.2, 0.25) is 0 Å². The topological polar surface area (TPSA) is 70.6 Å². The quantitative estimate of drug-likeness (QED) is 0.235. The Balaban J connectivity index is 1.34. The van der Waals surface area contributed by atoms with E-state index in [1.54, 1.807) is 25.3 Å². The molecule has 2 aromatic carbocycles. The second kappa shape index (κ2) is 12.5. The number of nitrogens with zero attached hydrogens (tertiary/aromatic N) is 4. The molecule has 202 valence electrons. The molecule has 1 N–H and O–H groups in total. The second-order valence-electron chi connectivity index (χ2n) is 8.91. The normalized spacial score (nSPS) is 14.0. The summed E-state index contributed by atoms with van der Waals surface area (Å²) in [6.45, 7) is 5.32. The summed E-state index contributed by atoms with van der Waals surface area (Å²) < 4.78 is 44.3. The Hall–Kier alpha value is -3.31. The van der Waals surface area contributed by atoms with E-state index in [2.05, 4.69) is 15.2 Å². The number of aryl methyl sites for hydroxylation is 1. The van der Waals surface area contributed by atoms with E-state index in [1.807, 2.05) is 30.0 Å². The number of carbonyl (C=O) groups excluding carboxylic acids is 1. The summed E-state index contributed by atoms with van der Waals surface area (Å²) >= 11 is 1.52. The summed E-state index contributed by atoms with van der Waals surface area (Å²) in [7, 11) is 1.59. The maximum Gasteiger partial charge on any atom is 0.416 e. The van der Waals surface area contributed by atoms with E-state index in [1.165, 1.54) is 23.9 Å². The highest BCUT2D eigenvalue weighted by molar-refractivity contribution is 7.98. The molecule has 0 unspecified atom stereocenters. The monoisotopic (exact) mass is 545 g/mol. The number of piperazine rings is 1. The Morgan fingerprint density at radius 1 is 1.03 bits per heavy atom. The maximum atomic E-state index is 13.1. The highest BCUT2D eigenvalue weighted by Crippen LogP contribution is 2.32. The lowest BCUT2D eigenvalue weighted by Gasteiger charge is -2.37. The van der Waals surface area contributed by atoms with Gasteiger partial charge in [-0.3, -0.25) is 4.79 Å². The predicted octanol–water partition coefficient (Wildman–Crippen LogP) is 4.80. The zero-order chi connectivity index (χ0) is 27.1. The number of halogens is 3. The number of anilines is 2. The number of ether oxygens (including phenoxy) is 1. The zero-order valence-corrected chi connectivity index (χ0v) is 22.1. The van der Waals surface area contributed by atoms with E-state index >= 15 is 0 Å². The fourth-order valence-corrected chi connectivity index (χ4v) is 4.95. The van der Waals surface area contributed by atoms with Crippen LogP contribution in [-0.4, -0.2) is 62.3 Å². The van der Waals surface area contributed by atoms with Gasteiger partial charge in [-0.2, -0.15) is 13.2 Å². The fourth-order valence-electron chi connectivity index (χ4n) is 4.09. The van der Waals surface area contributed by atoms with Crippen molar-refractivity contribution in [1.82, 2.24) is 15.3 Å². The third kappa shape index (κ3) is 7.38. The van der Waals surface area contributed by atoms with Crippen molar-refractivity contribution in [2.45, 2.75) is 24.0 Å². The van der Waals surface area contributed by atoms with Gasteiger partial charge in [0.2, 0.25) is 0 Å². The van der Waals surface area contributed by atoms with Gasteiger partial charge in [0.1, 0.15) is 5.82 Å². The molecule has 1 fully saturated rings. The van der Waals surface area contributed by atoms with E-state index in [0.717, 1.165) is 23.1 Å². The minimum atomic E-state index is -4.36.